The predicted octanol–water partition coefficient (Wildman–Crippen LogP) is 0.697. The number of hydrogen-bond donors (Lipinski definition) is 3. The number of H-pyrrole nitrogens is 1. The molecule has 0 amide bonds. The van der Waals surface area contributed by atoms with E-state index in [1.54, 1.807) is 18.2 Å². The molecule has 0 aliphatic heterocycles. The molecule has 0 unspecified atom stereocenters. The number of fused-ring (bicyclic) bond motifs is 1. The second-order valence-electron chi connectivity index (χ2n) is 5.91. The van der Waals surface area contributed by atoms with E-state index < -0.39 is 20.0 Å². The zero-order chi connectivity index (χ0) is 19.7. The fourth-order valence-electron chi connectivity index (χ4n) is 2.56. The average Bonchev–Trinajstić information content (AvgIpc) is 2.60. The number of nitrogens with two attached hydrogens (primary N) is 1. The standard InChI is InChI=1S/C17H17N3O5S2/c18-26(22,23)14-4-1-12(2-5-14)9-10-19-27(24,25)15-6-7-16-13(11-15)3-8-17(21)20-16/h1-8,11,19H,9-10H2,(H,20,21)(H2,18,22,23). The lowest BCUT2D eigenvalue weighted by molar-refractivity contribution is 0.581. The van der Waals surface area contributed by atoms with Crippen LogP contribution in [0.15, 0.2) is 69.2 Å². The molecule has 4 N–H and O–H groups in total. The summed E-state index contributed by atoms with van der Waals surface area (Å²) >= 11 is 0. The minimum atomic E-state index is -3.75. The molecule has 3 rings (SSSR count). The zero-order valence-corrected chi connectivity index (χ0v) is 15.7. The Balaban J connectivity index is 1.70. The number of rotatable bonds is 6. The summed E-state index contributed by atoms with van der Waals surface area (Å²) in [5.74, 6) is 0. The SMILES string of the molecule is NS(=O)(=O)c1ccc(CCNS(=O)(=O)c2ccc3[nH]c(=O)ccc3c2)cc1. The van der Waals surface area contributed by atoms with Gasteiger partial charge in [-0.3, -0.25) is 4.79 Å². The third kappa shape index (κ3) is 4.61. The number of benzene rings is 2. The number of pyridine rings is 1. The molecule has 142 valence electrons. The van der Waals surface area contributed by atoms with Gasteiger partial charge in [-0.15, -0.1) is 0 Å². The molecule has 0 atom stereocenters. The molecule has 0 radical (unpaired) electrons. The van der Waals surface area contributed by atoms with Gasteiger partial charge in [0.05, 0.1) is 9.79 Å². The molecule has 0 saturated carbocycles. The molecule has 1 aromatic heterocycles. The van der Waals surface area contributed by atoms with Crippen molar-refractivity contribution in [2.45, 2.75) is 16.2 Å². The number of sulfonamides is 2. The highest BCUT2D eigenvalue weighted by atomic mass is 32.2. The van der Waals surface area contributed by atoms with Crippen molar-refractivity contribution in [3.63, 3.8) is 0 Å². The molecule has 8 nitrogen and oxygen atoms in total. The van der Waals surface area contributed by atoms with Crippen LogP contribution in [-0.4, -0.2) is 28.4 Å². The van der Waals surface area contributed by atoms with Gasteiger partial charge in [0.15, 0.2) is 0 Å². The van der Waals surface area contributed by atoms with E-state index in [0.29, 0.717) is 17.3 Å². The highest BCUT2D eigenvalue weighted by Crippen LogP contribution is 2.16. The number of aromatic nitrogens is 1. The molecule has 0 aliphatic rings. The largest absolute Gasteiger partial charge is 0.322 e. The first kappa shape index (κ1) is 19.2. The summed E-state index contributed by atoms with van der Waals surface area (Å²) in [5.41, 5.74) is 1.06. The maximum absolute atomic E-state index is 12.4. The van der Waals surface area contributed by atoms with Crippen molar-refractivity contribution in [1.29, 1.82) is 0 Å². The first-order chi connectivity index (χ1) is 12.6. The summed E-state index contributed by atoms with van der Waals surface area (Å²) in [4.78, 5) is 14.0. The first-order valence-electron chi connectivity index (χ1n) is 7.90. The normalized spacial score (nSPS) is 12.3. The van der Waals surface area contributed by atoms with Gasteiger partial charge in [-0.2, -0.15) is 0 Å². The zero-order valence-electron chi connectivity index (χ0n) is 14.0. The van der Waals surface area contributed by atoms with Crippen molar-refractivity contribution in [3.8, 4) is 0 Å². The monoisotopic (exact) mass is 407 g/mol. The molecule has 3 aromatic rings. The number of nitrogens with one attached hydrogen (secondary N) is 2. The van der Waals surface area contributed by atoms with Crippen LogP contribution in [0.5, 0.6) is 0 Å². The molecule has 0 spiro atoms. The van der Waals surface area contributed by atoms with Gasteiger partial charge in [-0.25, -0.2) is 26.7 Å². The number of primary sulfonamides is 1. The van der Waals surface area contributed by atoms with Crippen LogP contribution in [-0.2, 0) is 26.5 Å². The lowest BCUT2D eigenvalue weighted by atomic mass is 10.2. The van der Waals surface area contributed by atoms with Gasteiger partial charge in [-0.05, 0) is 53.8 Å². The van der Waals surface area contributed by atoms with E-state index in [-0.39, 0.29) is 21.9 Å². The van der Waals surface area contributed by atoms with Crippen molar-refractivity contribution in [2.75, 3.05) is 6.54 Å². The Morgan fingerprint density at radius 3 is 2.22 bits per heavy atom. The molecule has 0 aliphatic carbocycles. The molecular weight excluding hydrogens is 390 g/mol. The molecule has 0 saturated heterocycles. The summed E-state index contributed by atoms with van der Waals surface area (Å²) in [6.45, 7) is 0.140. The van der Waals surface area contributed by atoms with Gasteiger partial charge >= 0.3 is 0 Å². The maximum atomic E-state index is 12.4. The fraction of sp³-hybridized carbons (Fsp3) is 0.118. The molecule has 27 heavy (non-hydrogen) atoms. The van der Waals surface area contributed by atoms with Crippen molar-refractivity contribution < 1.29 is 16.8 Å². The van der Waals surface area contributed by atoms with Crippen LogP contribution in [0.1, 0.15) is 5.56 Å². The molecule has 10 heteroatoms. The topological polar surface area (TPSA) is 139 Å². The third-order valence-corrected chi connectivity index (χ3v) is 6.35. The molecule has 0 fully saturated rings. The Hall–Kier alpha value is -2.53. The predicted molar refractivity (Wildman–Crippen MR) is 101 cm³/mol. The van der Waals surface area contributed by atoms with Crippen LogP contribution in [0.4, 0.5) is 0 Å². The first-order valence-corrected chi connectivity index (χ1v) is 10.9. The summed E-state index contributed by atoms with van der Waals surface area (Å²) < 4.78 is 49.8. The number of hydrogen-bond acceptors (Lipinski definition) is 5. The highest BCUT2D eigenvalue weighted by molar-refractivity contribution is 7.89. The molecule has 0 bridgehead atoms. The Labute approximate surface area is 156 Å². The lowest BCUT2D eigenvalue weighted by Crippen LogP contribution is -2.26. The lowest BCUT2D eigenvalue weighted by Gasteiger charge is -2.08. The van der Waals surface area contributed by atoms with E-state index in [9.17, 15) is 21.6 Å². The van der Waals surface area contributed by atoms with Gasteiger partial charge in [0.2, 0.25) is 25.6 Å². The Morgan fingerprint density at radius 2 is 1.56 bits per heavy atom. The number of aromatic amines is 1. The minimum absolute atomic E-state index is 0.000959. The van der Waals surface area contributed by atoms with Crippen LogP contribution in [0.3, 0.4) is 0 Å². The smallest absolute Gasteiger partial charge is 0.248 e. The van der Waals surface area contributed by atoms with Gasteiger partial charge in [0.25, 0.3) is 0 Å². The van der Waals surface area contributed by atoms with E-state index in [0.717, 1.165) is 5.56 Å². The van der Waals surface area contributed by atoms with Gasteiger partial charge in [0, 0.05) is 18.1 Å². The van der Waals surface area contributed by atoms with Crippen LogP contribution in [0.25, 0.3) is 10.9 Å². The summed E-state index contributed by atoms with van der Waals surface area (Å²) in [6.07, 6.45) is 0.380. The average molecular weight is 407 g/mol. The summed E-state index contributed by atoms with van der Waals surface area (Å²) in [7, 11) is -7.48. The molecule has 1 heterocycles. The van der Waals surface area contributed by atoms with Crippen molar-refractivity contribution in [3.05, 3.63) is 70.5 Å². The van der Waals surface area contributed by atoms with Crippen LogP contribution in [0.2, 0.25) is 0 Å². The van der Waals surface area contributed by atoms with Crippen molar-refractivity contribution >= 4 is 30.9 Å². The Kier molecular flexibility index (Phi) is 5.16. The van der Waals surface area contributed by atoms with E-state index in [1.165, 1.54) is 36.4 Å². The summed E-state index contributed by atoms with van der Waals surface area (Å²) in [6, 6.07) is 13.2. The summed E-state index contributed by atoms with van der Waals surface area (Å²) in [5, 5.41) is 5.64. The van der Waals surface area contributed by atoms with E-state index in [2.05, 4.69) is 9.71 Å². The van der Waals surface area contributed by atoms with E-state index in [4.69, 9.17) is 5.14 Å². The quantitative estimate of drug-likeness (QED) is 0.552. The van der Waals surface area contributed by atoms with Gasteiger partial charge < -0.3 is 4.98 Å². The highest BCUT2D eigenvalue weighted by Gasteiger charge is 2.14. The van der Waals surface area contributed by atoms with Crippen LogP contribution < -0.4 is 15.4 Å². The fourth-order valence-corrected chi connectivity index (χ4v) is 4.14. The van der Waals surface area contributed by atoms with E-state index in [1.807, 2.05) is 0 Å². The van der Waals surface area contributed by atoms with Crippen LogP contribution >= 0.6 is 0 Å². The molecular formula is C17H17N3O5S2. The van der Waals surface area contributed by atoms with Crippen molar-refractivity contribution in [1.82, 2.24) is 9.71 Å². The van der Waals surface area contributed by atoms with Gasteiger partial charge in [-0.1, -0.05) is 12.1 Å². The second-order valence-corrected chi connectivity index (χ2v) is 9.24. The van der Waals surface area contributed by atoms with Crippen LogP contribution in [0, 0.1) is 0 Å². The van der Waals surface area contributed by atoms with Gasteiger partial charge in [0.1, 0.15) is 0 Å². The molecule has 2 aromatic carbocycles. The Morgan fingerprint density at radius 1 is 0.889 bits per heavy atom. The maximum Gasteiger partial charge on any atom is 0.248 e. The Bertz CT molecular complexity index is 1250. The van der Waals surface area contributed by atoms with E-state index >= 15 is 0 Å². The second kappa shape index (κ2) is 7.24. The third-order valence-electron chi connectivity index (χ3n) is 3.96. The minimum Gasteiger partial charge on any atom is -0.322 e. The van der Waals surface area contributed by atoms with Crippen molar-refractivity contribution in [2.24, 2.45) is 5.14 Å².